The second kappa shape index (κ2) is 9.18. The molecule has 3 heterocycles. The minimum absolute atomic E-state index is 0.152. The van der Waals surface area contributed by atoms with Crippen LogP contribution in [-0.4, -0.2) is 50.6 Å². The smallest absolute Gasteiger partial charge is 0.289 e. The number of aromatic nitrogens is 3. The zero-order valence-corrected chi connectivity index (χ0v) is 20.0. The molecule has 2 aromatic carbocycles. The van der Waals surface area contributed by atoms with Crippen molar-refractivity contribution in [3.05, 3.63) is 77.1 Å². The summed E-state index contributed by atoms with van der Waals surface area (Å²) in [6.07, 6.45) is 2.39. The van der Waals surface area contributed by atoms with E-state index in [1.165, 1.54) is 0 Å². The van der Waals surface area contributed by atoms with Crippen molar-refractivity contribution in [1.82, 2.24) is 19.5 Å². The third kappa shape index (κ3) is 4.22. The molecule has 0 aliphatic heterocycles. The molecule has 1 amide bonds. The highest BCUT2D eigenvalue weighted by molar-refractivity contribution is 9.10. The second-order valence-corrected chi connectivity index (χ2v) is 8.78. The van der Waals surface area contributed by atoms with Gasteiger partial charge in [-0.25, -0.2) is 4.98 Å². The Morgan fingerprint density at radius 2 is 1.97 bits per heavy atom. The number of benzene rings is 2. The molecule has 5 rings (SSSR count). The van der Waals surface area contributed by atoms with Gasteiger partial charge in [-0.2, -0.15) is 9.61 Å². The van der Waals surface area contributed by atoms with Crippen molar-refractivity contribution in [1.29, 1.82) is 0 Å². The van der Waals surface area contributed by atoms with Gasteiger partial charge in [-0.3, -0.25) is 4.79 Å². The molecule has 0 saturated heterocycles. The highest BCUT2D eigenvalue weighted by Crippen LogP contribution is 2.31. The summed E-state index contributed by atoms with van der Waals surface area (Å²) in [7, 11) is 1.76. The summed E-state index contributed by atoms with van der Waals surface area (Å²) in [6.45, 7) is 1.15. The lowest BCUT2D eigenvalue weighted by molar-refractivity contribution is 0.0765. The van der Waals surface area contributed by atoms with Crippen molar-refractivity contribution < 1.29 is 14.3 Å². The molecule has 8 nitrogen and oxygen atoms in total. The monoisotopic (exact) mass is 519 g/mol. The lowest BCUT2D eigenvalue weighted by atomic mass is 10.1. The van der Waals surface area contributed by atoms with Gasteiger partial charge in [-0.1, -0.05) is 30.3 Å². The quantitative estimate of drug-likeness (QED) is 0.287. The normalized spacial score (nSPS) is 11.2. The maximum Gasteiger partial charge on any atom is 0.289 e. The van der Waals surface area contributed by atoms with Crippen molar-refractivity contribution in [3.8, 4) is 17.0 Å². The van der Waals surface area contributed by atoms with Gasteiger partial charge in [0.25, 0.3) is 5.91 Å². The number of carbonyl (C=O) groups is 1. The van der Waals surface area contributed by atoms with Crippen LogP contribution >= 0.6 is 15.9 Å². The Morgan fingerprint density at radius 1 is 1.18 bits per heavy atom. The molecular formula is C25H22BrN5O3. The lowest BCUT2D eigenvalue weighted by Crippen LogP contribution is -2.28. The number of phenols is 1. The average Bonchev–Trinajstić information content (AvgIpc) is 3.45. The van der Waals surface area contributed by atoms with Crippen LogP contribution in [0.2, 0.25) is 0 Å². The number of carbonyl (C=O) groups excluding carboxylic acids is 1. The largest absolute Gasteiger partial charge is 0.507 e. The first kappa shape index (κ1) is 22.0. The fraction of sp³-hybridized carbons (Fsp3) is 0.160. The summed E-state index contributed by atoms with van der Waals surface area (Å²) in [4.78, 5) is 19.1. The number of amides is 1. The van der Waals surface area contributed by atoms with Crippen molar-refractivity contribution in [2.45, 2.75) is 6.42 Å². The van der Waals surface area contributed by atoms with E-state index in [0.29, 0.717) is 47.8 Å². The van der Waals surface area contributed by atoms with Crippen LogP contribution in [0, 0.1) is 0 Å². The number of phenolic OH excluding ortho intramolecular Hbond substituents is 1. The summed E-state index contributed by atoms with van der Waals surface area (Å²) < 4.78 is 8.15. The van der Waals surface area contributed by atoms with Crippen molar-refractivity contribution in [2.24, 2.45) is 0 Å². The molecule has 0 bridgehead atoms. The number of para-hydroxylation sites is 2. The molecule has 0 spiro atoms. The van der Waals surface area contributed by atoms with E-state index < -0.39 is 0 Å². The van der Waals surface area contributed by atoms with E-state index in [1.54, 1.807) is 40.9 Å². The second-order valence-electron chi connectivity index (χ2n) is 7.93. The van der Waals surface area contributed by atoms with Gasteiger partial charge in [0.2, 0.25) is 0 Å². The number of anilines is 1. The number of hydrogen-bond acceptors (Lipinski definition) is 6. The minimum atomic E-state index is -0.152. The third-order valence-corrected chi connectivity index (χ3v) is 6.13. The molecule has 3 aromatic heterocycles. The molecule has 0 aliphatic carbocycles. The molecule has 172 valence electrons. The maximum absolute atomic E-state index is 12.7. The number of halogens is 1. The number of fused-ring (bicyclic) bond motifs is 2. The van der Waals surface area contributed by atoms with Gasteiger partial charge in [0, 0.05) is 37.2 Å². The van der Waals surface area contributed by atoms with E-state index in [2.05, 4.69) is 31.3 Å². The van der Waals surface area contributed by atoms with Crippen LogP contribution in [0.4, 0.5) is 5.82 Å². The van der Waals surface area contributed by atoms with Gasteiger partial charge in [0.1, 0.15) is 17.2 Å². The van der Waals surface area contributed by atoms with Crippen LogP contribution in [-0.2, 0) is 0 Å². The SMILES string of the molecule is CN(CCCNc1cc(-c2ccccc2O)nc2c(Br)cnn12)C(=O)c1cc2ccccc2o1. The Bertz CT molecular complexity index is 1460. The van der Waals surface area contributed by atoms with Crippen LogP contribution in [0.25, 0.3) is 27.9 Å². The number of nitrogens with zero attached hydrogens (tertiary/aromatic N) is 4. The molecule has 0 aliphatic rings. The van der Waals surface area contributed by atoms with Crippen molar-refractivity contribution >= 4 is 44.3 Å². The Morgan fingerprint density at radius 3 is 2.79 bits per heavy atom. The Balaban J connectivity index is 1.27. The molecule has 0 radical (unpaired) electrons. The minimum Gasteiger partial charge on any atom is -0.507 e. The molecule has 2 N–H and O–H groups in total. The maximum atomic E-state index is 12.7. The number of hydrogen-bond donors (Lipinski definition) is 2. The van der Waals surface area contributed by atoms with Crippen LogP contribution in [0.1, 0.15) is 17.0 Å². The molecule has 0 unspecified atom stereocenters. The van der Waals surface area contributed by atoms with Gasteiger partial charge in [0.05, 0.1) is 16.4 Å². The first-order valence-electron chi connectivity index (χ1n) is 10.8. The van der Waals surface area contributed by atoms with Crippen LogP contribution in [0.15, 0.2) is 75.8 Å². The molecule has 34 heavy (non-hydrogen) atoms. The molecular weight excluding hydrogens is 498 g/mol. The van der Waals surface area contributed by atoms with Gasteiger partial charge < -0.3 is 19.7 Å². The van der Waals surface area contributed by atoms with Gasteiger partial charge >= 0.3 is 0 Å². The van der Waals surface area contributed by atoms with Gasteiger partial charge in [0.15, 0.2) is 11.4 Å². The molecule has 5 aromatic rings. The van der Waals surface area contributed by atoms with Crippen molar-refractivity contribution in [2.75, 3.05) is 25.5 Å². The fourth-order valence-corrected chi connectivity index (χ4v) is 4.15. The van der Waals surface area contributed by atoms with Crippen molar-refractivity contribution in [3.63, 3.8) is 0 Å². The first-order chi connectivity index (χ1) is 16.5. The predicted octanol–water partition coefficient (Wildman–Crippen LogP) is 5.18. The highest BCUT2D eigenvalue weighted by atomic mass is 79.9. The Kier molecular flexibility index (Phi) is 5.93. The summed E-state index contributed by atoms with van der Waals surface area (Å²) in [5.41, 5.74) is 2.61. The fourth-order valence-electron chi connectivity index (χ4n) is 3.80. The number of aromatic hydroxyl groups is 1. The zero-order valence-electron chi connectivity index (χ0n) is 18.4. The molecule has 0 saturated carbocycles. The lowest BCUT2D eigenvalue weighted by Gasteiger charge is -2.16. The standard InChI is InChI=1S/C25H22BrN5O3/c1-30(25(33)22-13-16-7-2-5-10-21(16)34-22)12-6-11-27-23-14-19(17-8-3-4-9-20(17)32)29-24-18(26)15-28-31(23)24/h2-5,7-10,13-15,27,32H,6,11-12H2,1H3. The summed E-state index contributed by atoms with van der Waals surface area (Å²) in [6, 6.07) is 18.3. The Hall–Kier alpha value is -3.85. The van der Waals surface area contributed by atoms with Crippen LogP contribution in [0.3, 0.4) is 0 Å². The molecule has 0 fully saturated rings. The number of nitrogens with one attached hydrogen (secondary N) is 1. The topological polar surface area (TPSA) is 95.9 Å². The van der Waals surface area contributed by atoms with Gasteiger partial charge in [-0.05, 0) is 46.6 Å². The van der Waals surface area contributed by atoms with E-state index in [0.717, 1.165) is 15.7 Å². The Labute approximate surface area is 204 Å². The van der Waals surface area contributed by atoms with E-state index >= 15 is 0 Å². The summed E-state index contributed by atoms with van der Waals surface area (Å²) in [5.74, 6) is 1.08. The van der Waals surface area contributed by atoms with E-state index in [4.69, 9.17) is 4.42 Å². The number of rotatable bonds is 7. The molecule has 0 atom stereocenters. The first-order valence-corrected chi connectivity index (χ1v) is 11.6. The third-order valence-electron chi connectivity index (χ3n) is 5.57. The van der Waals surface area contributed by atoms with E-state index in [-0.39, 0.29) is 11.7 Å². The van der Waals surface area contributed by atoms with Crippen LogP contribution in [0.5, 0.6) is 5.75 Å². The van der Waals surface area contributed by atoms with Crippen LogP contribution < -0.4 is 5.32 Å². The molecule has 9 heteroatoms. The van der Waals surface area contributed by atoms with Gasteiger partial charge in [-0.15, -0.1) is 0 Å². The number of furan rings is 1. The summed E-state index contributed by atoms with van der Waals surface area (Å²) >= 11 is 3.49. The van der Waals surface area contributed by atoms with E-state index in [9.17, 15) is 9.90 Å². The van der Waals surface area contributed by atoms with E-state index in [1.807, 2.05) is 42.5 Å². The predicted molar refractivity (Wildman–Crippen MR) is 134 cm³/mol. The highest BCUT2D eigenvalue weighted by Gasteiger charge is 2.17. The summed E-state index contributed by atoms with van der Waals surface area (Å²) in [5, 5.41) is 19.0. The zero-order chi connectivity index (χ0) is 23.7. The average molecular weight is 520 g/mol.